The summed E-state index contributed by atoms with van der Waals surface area (Å²) in [6.07, 6.45) is 7.76. The summed E-state index contributed by atoms with van der Waals surface area (Å²) in [5, 5.41) is 0. The average molecular weight is 234 g/mol. The molecular weight excluding hydrogens is 216 g/mol. The van der Waals surface area contributed by atoms with Gasteiger partial charge >= 0.3 is 0 Å². The Kier molecular flexibility index (Phi) is 2.76. The molecule has 4 unspecified atom stereocenters. The smallest absolute Gasteiger partial charge is 0.137 e. The highest BCUT2D eigenvalue weighted by atomic mass is 16.5. The fourth-order valence-corrected chi connectivity index (χ4v) is 3.03. The van der Waals surface area contributed by atoms with Gasteiger partial charge in [-0.15, -0.1) is 0 Å². The number of ether oxygens (including phenoxy) is 2. The van der Waals surface area contributed by atoms with Gasteiger partial charge in [-0.3, -0.25) is 4.98 Å². The Bertz CT molecular complexity index is 410. The Morgan fingerprint density at radius 1 is 1.47 bits per heavy atom. The molecule has 0 amide bonds. The minimum atomic E-state index is 0.00731. The second-order valence-electron chi connectivity index (χ2n) is 4.96. The van der Waals surface area contributed by atoms with Gasteiger partial charge in [-0.2, -0.15) is 0 Å². The minimum absolute atomic E-state index is 0.00731. The van der Waals surface area contributed by atoms with E-state index in [0.29, 0.717) is 18.1 Å². The third kappa shape index (κ3) is 1.91. The van der Waals surface area contributed by atoms with Crippen molar-refractivity contribution in [1.82, 2.24) is 4.98 Å². The van der Waals surface area contributed by atoms with E-state index in [0.717, 1.165) is 24.2 Å². The summed E-state index contributed by atoms with van der Waals surface area (Å²) in [5.74, 6) is 1.20. The van der Waals surface area contributed by atoms with Crippen molar-refractivity contribution in [2.45, 2.75) is 37.5 Å². The number of hydrogen-bond acceptors (Lipinski definition) is 4. The molecule has 2 aliphatic rings. The highest BCUT2D eigenvalue weighted by molar-refractivity contribution is 5.26. The Morgan fingerprint density at radius 3 is 3.00 bits per heavy atom. The normalized spacial score (nSPS) is 32.7. The van der Waals surface area contributed by atoms with E-state index in [1.54, 1.807) is 13.3 Å². The van der Waals surface area contributed by atoms with Crippen LogP contribution in [0.3, 0.4) is 0 Å². The summed E-state index contributed by atoms with van der Waals surface area (Å²) in [5.41, 5.74) is 7.38. The second-order valence-corrected chi connectivity index (χ2v) is 4.96. The van der Waals surface area contributed by atoms with Gasteiger partial charge in [-0.1, -0.05) is 0 Å². The molecule has 0 aromatic carbocycles. The summed E-state index contributed by atoms with van der Waals surface area (Å²) in [6, 6.07) is 1.98. The van der Waals surface area contributed by atoms with Crippen LogP contribution in [0, 0.1) is 5.92 Å². The molecule has 4 heteroatoms. The predicted molar refractivity (Wildman–Crippen MR) is 63.7 cm³/mol. The van der Waals surface area contributed by atoms with Crippen LogP contribution in [-0.4, -0.2) is 24.3 Å². The van der Waals surface area contributed by atoms with Gasteiger partial charge in [0, 0.05) is 18.2 Å². The molecule has 2 N–H and O–H groups in total. The molecule has 92 valence electrons. The van der Waals surface area contributed by atoms with Crippen LogP contribution in [0.5, 0.6) is 5.75 Å². The number of aromatic nitrogens is 1. The van der Waals surface area contributed by atoms with Crippen molar-refractivity contribution >= 4 is 0 Å². The number of pyridine rings is 1. The minimum Gasteiger partial charge on any atom is -0.495 e. The molecule has 0 radical (unpaired) electrons. The lowest BCUT2D eigenvalue weighted by Crippen LogP contribution is -2.29. The highest BCUT2D eigenvalue weighted by Crippen LogP contribution is 2.43. The molecule has 2 aliphatic heterocycles. The van der Waals surface area contributed by atoms with E-state index in [-0.39, 0.29) is 6.04 Å². The predicted octanol–water partition coefficient (Wildman–Crippen LogP) is 1.66. The molecule has 0 spiro atoms. The Balaban J connectivity index is 1.79. The number of hydrogen-bond donors (Lipinski definition) is 1. The maximum absolute atomic E-state index is 6.33. The number of nitrogens with two attached hydrogens (primary N) is 1. The van der Waals surface area contributed by atoms with E-state index in [2.05, 4.69) is 4.98 Å². The fraction of sp³-hybridized carbons (Fsp3) is 0.615. The first kappa shape index (κ1) is 11.0. The molecule has 2 fully saturated rings. The van der Waals surface area contributed by atoms with Crippen LogP contribution in [0.1, 0.15) is 30.9 Å². The zero-order valence-corrected chi connectivity index (χ0v) is 10.0. The van der Waals surface area contributed by atoms with Crippen molar-refractivity contribution in [2.75, 3.05) is 7.11 Å². The van der Waals surface area contributed by atoms with E-state index in [1.165, 1.54) is 6.42 Å². The van der Waals surface area contributed by atoms with Gasteiger partial charge in [-0.25, -0.2) is 0 Å². The lowest BCUT2D eigenvalue weighted by Gasteiger charge is -2.25. The zero-order chi connectivity index (χ0) is 11.8. The van der Waals surface area contributed by atoms with Crippen LogP contribution in [0.25, 0.3) is 0 Å². The molecule has 0 saturated carbocycles. The Labute approximate surface area is 101 Å². The van der Waals surface area contributed by atoms with Crippen LogP contribution in [-0.2, 0) is 4.74 Å². The average Bonchev–Trinajstić information content (AvgIpc) is 3.00. The van der Waals surface area contributed by atoms with Gasteiger partial charge in [-0.05, 0) is 30.9 Å². The molecule has 17 heavy (non-hydrogen) atoms. The van der Waals surface area contributed by atoms with Crippen molar-refractivity contribution in [3.05, 3.63) is 24.0 Å². The van der Waals surface area contributed by atoms with Crippen LogP contribution < -0.4 is 10.5 Å². The van der Waals surface area contributed by atoms with Crippen molar-refractivity contribution < 1.29 is 9.47 Å². The van der Waals surface area contributed by atoms with Crippen LogP contribution >= 0.6 is 0 Å². The van der Waals surface area contributed by atoms with Gasteiger partial charge < -0.3 is 15.2 Å². The first-order valence-electron chi connectivity index (χ1n) is 6.18. The van der Waals surface area contributed by atoms with Gasteiger partial charge in [0.15, 0.2) is 0 Å². The van der Waals surface area contributed by atoms with Gasteiger partial charge in [0.1, 0.15) is 5.75 Å². The maximum atomic E-state index is 6.33. The van der Waals surface area contributed by atoms with Crippen LogP contribution in [0.4, 0.5) is 0 Å². The monoisotopic (exact) mass is 234 g/mol. The molecule has 4 atom stereocenters. The molecule has 1 aromatic rings. The first-order chi connectivity index (χ1) is 8.28. The molecule has 2 bridgehead atoms. The third-order valence-corrected chi connectivity index (χ3v) is 3.97. The highest BCUT2D eigenvalue weighted by Gasteiger charge is 2.43. The zero-order valence-electron chi connectivity index (χ0n) is 10.0. The number of fused-ring (bicyclic) bond motifs is 2. The van der Waals surface area contributed by atoms with Crippen molar-refractivity contribution in [1.29, 1.82) is 0 Å². The summed E-state index contributed by atoms with van der Waals surface area (Å²) >= 11 is 0. The van der Waals surface area contributed by atoms with Crippen LogP contribution in [0.2, 0.25) is 0 Å². The van der Waals surface area contributed by atoms with Crippen molar-refractivity contribution in [3.63, 3.8) is 0 Å². The fourth-order valence-electron chi connectivity index (χ4n) is 3.03. The maximum Gasteiger partial charge on any atom is 0.137 e. The van der Waals surface area contributed by atoms with Crippen molar-refractivity contribution in [2.24, 2.45) is 11.7 Å². The van der Waals surface area contributed by atoms with Gasteiger partial charge in [0.2, 0.25) is 0 Å². The molecule has 0 aliphatic carbocycles. The second kappa shape index (κ2) is 4.27. The summed E-state index contributed by atoms with van der Waals surface area (Å²) < 4.78 is 11.0. The molecule has 2 saturated heterocycles. The lowest BCUT2D eigenvalue weighted by molar-refractivity contribution is 0.0884. The van der Waals surface area contributed by atoms with Crippen molar-refractivity contribution in [3.8, 4) is 5.75 Å². The summed E-state index contributed by atoms with van der Waals surface area (Å²) in [4.78, 5) is 4.16. The van der Waals surface area contributed by atoms with E-state index >= 15 is 0 Å². The summed E-state index contributed by atoms with van der Waals surface area (Å²) in [6.45, 7) is 0. The van der Waals surface area contributed by atoms with Crippen LogP contribution in [0.15, 0.2) is 18.5 Å². The number of methoxy groups -OCH3 is 1. The SMILES string of the molecule is COc1cncc(C(N)C2CC3CCC2O3)c1. The standard InChI is InChI=1S/C13H18N2O2/c1-16-10-4-8(6-15-7-10)13(14)11-5-9-2-3-12(11)17-9/h4,6-7,9,11-13H,2-3,5,14H2,1H3. The molecular formula is C13H18N2O2. The largest absolute Gasteiger partial charge is 0.495 e. The molecule has 4 nitrogen and oxygen atoms in total. The third-order valence-electron chi connectivity index (χ3n) is 3.97. The Morgan fingerprint density at radius 2 is 2.35 bits per heavy atom. The Hall–Kier alpha value is -1.13. The lowest BCUT2D eigenvalue weighted by atomic mass is 9.82. The van der Waals surface area contributed by atoms with E-state index in [1.807, 2.05) is 12.3 Å². The molecule has 3 rings (SSSR count). The topological polar surface area (TPSA) is 57.4 Å². The van der Waals surface area contributed by atoms with E-state index < -0.39 is 0 Å². The van der Waals surface area contributed by atoms with Gasteiger partial charge in [0.25, 0.3) is 0 Å². The summed E-state index contributed by atoms with van der Waals surface area (Å²) in [7, 11) is 1.65. The molecule has 3 heterocycles. The first-order valence-corrected chi connectivity index (χ1v) is 6.18. The number of rotatable bonds is 3. The van der Waals surface area contributed by atoms with E-state index in [4.69, 9.17) is 15.2 Å². The number of nitrogens with zero attached hydrogens (tertiary/aromatic N) is 1. The molecule has 1 aromatic heterocycles. The quantitative estimate of drug-likeness (QED) is 0.864. The van der Waals surface area contributed by atoms with E-state index in [9.17, 15) is 0 Å². The van der Waals surface area contributed by atoms with Gasteiger partial charge in [0.05, 0.1) is 25.5 Å².